The van der Waals surface area contributed by atoms with E-state index in [1.807, 2.05) is 0 Å². The standard InChI is InChI=1S/C56H37NO/c1-2-14-38(15-3-1)40-28-31-42(32-29-40)48-23-8-10-26-52(48)57(46-21-12-20-44(37-46)45-33-30-39-16-4-5-18-43(39)36-45)53-35-34-50(49-25-13-19-41-17-6-7-22-47(41)49)56-55(53)51-24-9-11-27-54(51)58-56/h1-37H. The van der Waals surface area contributed by atoms with Gasteiger partial charge in [0.2, 0.25) is 0 Å². The highest BCUT2D eigenvalue weighted by Crippen LogP contribution is 2.49. The molecule has 0 aliphatic carbocycles. The lowest BCUT2D eigenvalue weighted by Gasteiger charge is -2.29. The molecule has 0 fully saturated rings. The maximum atomic E-state index is 6.93. The van der Waals surface area contributed by atoms with Crippen molar-refractivity contribution in [3.63, 3.8) is 0 Å². The number of benzene rings is 10. The summed E-state index contributed by atoms with van der Waals surface area (Å²) >= 11 is 0. The van der Waals surface area contributed by atoms with Gasteiger partial charge in [-0.2, -0.15) is 0 Å². The number of para-hydroxylation sites is 2. The molecule has 11 rings (SSSR count). The monoisotopic (exact) mass is 739 g/mol. The van der Waals surface area contributed by atoms with Crippen molar-refractivity contribution in [3.8, 4) is 44.5 Å². The summed E-state index contributed by atoms with van der Waals surface area (Å²) in [5.74, 6) is 0. The highest BCUT2D eigenvalue weighted by Gasteiger charge is 2.25. The van der Waals surface area contributed by atoms with Crippen molar-refractivity contribution in [2.45, 2.75) is 0 Å². The number of hydrogen-bond acceptors (Lipinski definition) is 2. The zero-order valence-corrected chi connectivity index (χ0v) is 31.7. The summed E-state index contributed by atoms with van der Waals surface area (Å²) in [6.45, 7) is 0. The van der Waals surface area contributed by atoms with E-state index in [2.05, 4.69) is 229 Å². The lowest BCUT2D eigenvalue weighted by atomic mass is 9.94. The molecule has 0 bridgehead atoms. The van der Waals surface area contributed by atoms with Gasteiger partial charge in [0.15, 0.2) is 0 Å². The van der Waals surface area contributed by atoms with Gasteiger partial charge in [0.25, 0.3) is 0 Å². The van der Waals surface area contributed by atoms with Gasteiger partial charge in [-0.15, -0.1) is 0 Å². The molecule has 0 amide bonds. The van der Waals surface area contributed by atoms with Crippen LogP contribution in [0.1, 0.15) is 0 Å². The van der Waals surface area contributed by atoms with Gasteiger partial charge in [0.05, 0.1) is 16.8 Å². The lowest BCUT2D eigenvalue weighted by molar-refractivity contribution is 0.670. The molecule has 0 saturated carbocycles. The second-order valence-electron chi connectivity index (χ2n) is 14.9. The lowest BCUT2D eigenvalue weighted by Crippen LogP contribution is -2.12. The zero-order valence-electron chi connectivity index (χ0n) is 31.7. The third-order valence-electron chi connectivity index (χ3n) is 11.5. The molecule has 1 heterocycles. The first-order valence-corrected chi connectivity index (χ1v) is 19.8. The summed E-state index contributed by atoms with van der Waals surface area (Å²) in [5.41, 5.74) is 14.1. The number of anilines is 3. The summed E-state index contributed by atoms with van der Waals surface area (Å²) in [6, 6.07) is 80.7. The largest absolute Gasteiger partial charge is 0.455 e. The van der Waals surface area contributed by atoms with Crippen LogP contribution in [0.4, 0.5) is 17.1 Å². The van der Waals surface area contributed by atoms with Crippen LogP contribution in [0.15, 0.2) is 229 Å². The van der Waals surface area contributed by atoms with Crippen LogP contribution < -0.4 is 4.90 Å². The minimum Gasteiger partial charge on any atom is -0.455 e. The third-order valence-corrected chi connectivity index (χ3v) is 11.5. The Balaban J connectivity index is 1.16. The Morgan fingerprint density at radius 2 is 0.914 bits per heavy atom. The van der Waals surface area contributed by atoms with Crippen molar-refractivity contribution in [2.75, 3.05) is 4.90 Å². The average Bonchev–Trinajstić information content (AvgIpc) is 3.70. The fourth-order valence-electron chi connectivity index (χ4n) is 8.66. The fraction of sp³-hybridized carbons (Fsp3) is 0. The molecule has 1 aromatic heterocycles. The molecule has 0 atom stereocenters. The summed E-state index contributed by atoms with van der Waals surface area (Å²) in [4.78, 5) is 2.43. The van der Waals surface area contributed by atoms with Crippen molar-refractivity contribution < 1.29 is 4.42 Å². The Kier molecular flexibility index (Phi) is 8.19. The highest BCUT2D eigenvalue weighted by atomic mass is 16.3. The topological polar surface area (TPSA) is 16.4 Å². The van der Waals surface area contributed by atoms with Crippen LogP contribution in [0.3, 0.4) is 0 Å². The zero-order chi connectivity index (χ0) is 38.4. The van der Waals surface area contributed by atoms with Crippen LogP contribution in [-0.4, -0.2) is 0 Å². The van der Waals surface area contributed by atoms with E-state index < -0.39 is 0 Å². The SMILES string of the molecule is c1ccc(-c2ccc(-c3ccccc3N(c3cccc(-c4ccc5ccccc5c4)c3)c3ccc(-c4cccc5ccccc45)c4oc5ccccc5c34)cc2)cc1. The first kappa shape index (κ1) is 33.6. The van der Waals surface area contributed by atoms with Gasteiger partial charge in [-0.25, -0.2) is 0 Å². The van der Waals surface area contributed by atoms with E-state index in [4.69, 9.17) is 4.42 Å². The summed E-state index contributed by atoms with van der Waals surface area (Å²) in [6.07, 6.45) is 0. The van der Waals surface area contributed by atoms with Gasteiger partial charge in [-0.3, -0.25) is 0 Å². The summed E-state index contributed by atoms with van der Waals surface area (Å²) in [5, 5.41) is 7.01. The van der Waals surface area contributed by atoms with Gasteiger partial charge in [0.1, 0.15) is 11.2 Å². The molecule has 0 N–H and O–H groups in total. The normalized spacial score (nSPS) is 11.4. The smallest absolute Gasteiger partial charge is 0.145 e. The van der Waals surface area contributed by atoms with E-state index in [1.165, 1.54) is 38.2 Å². The molecular weight excluding hydrogens is 703 g/mol. The summed E-state index contributed by atoms with van der Waals surface area (Å²) in [7, 11) is 0. The molecular formula is C56H37NO. The molecule has 0 spiro atoms. The van der Waals surface area contributed by atoms with E-state index in [9.17, 15) is 0 Å². The summed E-state index contributed by atoms with van der Waals surface area (Å²) < 4.78 is 6.93. The van der Waals surface area contributed by atoms with Crippen LogP contribution >= 0.6 is 0 Å². The number of hydrogen-bond donors (Lipinski definition) is 0. The van der Waals surface area contributed by atoms with Crippen LogP contribution in [-0.2, 0) is 0 Å². The quantitative estimate of drug-likeness (QED) is 0.162. The van der Waals surface area contributed by atoms with Gasteiger partial charge >= 0.3 is 0 Å². The Morgan fingerprint density at radius 3 is 1.79 bits per heavy atom. The number of rotatable bonds is 7. The van der Waals surface area contributed by atoms with Crippen molar-refractivity contribution in [2.24, 2.45) is 0 Å². The van der Waals surface area contributed by atoms with Crippen molar-refractivity contribution >= 4 is 60.5 Å². The average molecular weight is 740 g/mol. The van der Waals surface area contributed by atoms with Crippen LogP contribution in [0.25, 0.3) is 88.0 Å². The van der Waals surface area contributed by atoms with Crippen molar-refractivity contribution in [1.29, 1.82) is 0 Å². The van der Waals surface area contributed by atoms with Crippen molar-refractivity contribution in [1.82, 2.24) is 0 Å². The predicted octanol–water partition coefficient (Wildman–Crippen LogP) is 16.0. The minimum atomic E-state index is 0.862. The fourth-order valence-corrected chi connectivity index (χ4v) is 8.66. The second kappa shape index (κ2) is 14.1. The van der Waals surface area contributed by atoms with Crippen LogP contribution in [0.2, 0.25) is 0 Å². The molecule has 0 saturated heterocycles. The van der Waals surface area contributed by atoms with E-state index in [-0.39, 0.29) is 0 Å². The molecule has 2 nitrogen and oxygen atoms in total. The predicted molar refractivity (Wildman–Crippen MR) is 245 cm³/mol. The van der Waals surface area contributed by atoms with E-state index in [0.29, 0.717) is 0 Å². The molecule has 0 unspecified atom stereocenters. The Morgan fingerprint density at radius 1 is 0.310 bits per heavy atom. The number of nitrogens with zero attached hydrogens (tertiary/aromatic N) is 1. The third kappa shape index (κ3) is 5.82. The Hall–Kier alpha value is -7.68. The van der Waals surface area contributed by atoms with E-state index >= 15 is 0 Å². The number of fused-ring (bicyclic) bond motifs is 5. The van der Waals surface area contributed by atoms with Gasteiger partial charge in [0, 0.05) is 22.2 Å². The maximum Gasteiger partial charge on any atom is 0.145 e. The van der Waals surface area contributed by atoms with E-state index in [0.717, 1.165) is 66.8 Å². The number of furan rings is 1. The first-order valence-electron chi connectivity index (χ1n) is 19.8. The van der Waals surface area contributed by atoms with Gasteiger partial charge < -0.3 is 9.32 Å². The van der Waals surface area contributed by atoms with Gasteiger partial charge in [-0.1, -0.05) is 182 Å². The highest BCUT2D eigenvalue weighted by molar-refractivity contribution is 6.19. The second-order valence-corrected chi connectivity index (χ2v) is 14.9. The van der Waals surface area contributed by atoms with Gasteiger partial charge in [-0.05, 0) is 97.4 Å². The molecule has 58 heavy (non-hydrogen) atoms. The maximum absolute atomic E-state index is 6.93. The molecule has 2 heteroatoms. The van der Waals surface area contributed by atoms with Crippen molar-refractivity contribution in [3.05, 3.63) is 224 Å². The molecule has 10 aromatic carbocycles. The molecule has 272 valence electrons. The molecule has 0 radical (unpaired) electrons. The molecule has 0 aliphatic rings. The minimum absolute atomic E-state index is 0.862. The molecule has 11 aromatic rings. The van der Waals surface area contributed by atoms with Crippen LogP contribution in [0, 0.1) is 0 Å². The Labute approximate surface area is 337 Å². The van der Waals surface area contributed by atoms with Crippen LogP contribution in [0.5, 0.6) is 0 Å². The Bertz CT molecular complexity index is 3280. The first-order chi connectivity index (χ1) is 28.8. The molecule has 0 aliphatic heterocycles. The van der Waals surface area contributed by atoms with E-state index in [1.54, 1.807) is 0 Å².